The zero-order chi connectivity index (χ0) is 13.9. The molecule has 1 unspecified atom stereocenters. The number of hydrogen-bond acceptors (Lipinski definition) is 2. The van der Waals surface area contributed by atoms with Gasteiger partial charge in [0.1, 0.15) is 5.82 Å². The van der Waals surface area contributed by atoms with Crippen molar-refractivity contribution in [3.05, 3.63) is 22.3 Å². The van der Waals surface area contributed by atoms with Crippen LogP contribution in [0.5, 0.6) is 0 Å². The highest BCUT2D eigenvalue weighted by atomic mass is 79.9. The second-order valence-corrected chi connectivity index (χ2v) is 6.64. The Labute approximate surface area is 118 Å². The largest absolute Gasteiger partial charge is 0.311 e. The van der Waals surface area contributed by atoms with Crippen molar-refractivity contribution in [3.63, 3.8) is 0 Å². The number of halogens is 1. The maximum absolute atomic E-state index is 11.9. The molecule has 1 amide bonds. The molecule has 1 N–H and O–H groups in total. The molecule has 1 atom stereocenters. The summed E-state index contributed by atoms with van der Waals surface area (Å²) in [6.07, 6.45) is 0.514. The Bertz CT molecular complexity index is 438. The lowest BCUT2D eigenvalue weighted by atomic mass is 9.80. The second-order valence-electron chi connectivity index (χ2n) is 5.78. The number of nitrogens with one attached hydrogen (secondary N) is 1. The maximum Gasteiger partial charge on any atom is 0.225 e. The van der Waals surface area contributed by atoms with E-state index >= 15 is 0 Å². The Balaban J connectivity index is 2.62. The molecule has 0 aliphatic heterocycles. The fourth-order valence-electron chi connectivity index (χ4n) is 1.39. The van der Waals surface area contributed by atoms with Gasteiger partial charge in [0, 0.05) is 10.9 Å². The lowest BCUT2D eigenvalue weighted by Gasteiger charge is -2.26. The predicted molar refractivity (Wildman–Crippen MR) is 78.5 cm³/mol. The van der Waals surface area contributed by atoms with Crippen molar-refractivity contribution < 1.29 is 4.79 Å². The molecule has 0 spiro atoms. The van der Waals surface area contributed by atoms with Gasteiger partial charge in [0.05, 0.1) is 5.69 Å². The first-order valence-corrected chi connectivity index (χ1v) is 6.92. The van der Waals surface area contributed by atoms with Crippen molar-refractivity contribution in [2.45, 2.75) is 41.0 Å². The lowest BCUT2D eigenvalue weighted by Crippen LogP contribution is -2.24. The van der Waals surface area contributed by atoms with E-state index in [4.69, 9.17) is 0 Å². The van der Waals surface area contributed by atoms with Gasteiger partial charge in [-0.15, -0.1) is 0 Å². The van der Waals surface area contributed by atoms with Gasteiger partial charge in [-0.2, -0.15) is 0 Å². The average Bonchev–Trinajstić information content (AvgIpc) is 2.22. The number of amides is 1. The van der Waals surface area contributed by atoms with Crippen molar-refractivity contribution in [1.29, 1.82) is 0 Å². The SMILES string of the molecule is Cc1nc(NC(=O)CC(C)C(C)(C)C)ccc1Br. The van der Waals surface area contributed by atoms with E-state index in [-0.39, 0.29) is 11.3 Å². The van der Waals surface area contributed by atoms with E-state index < -0.39 is 0 Å². The molecule has 100 valence electrons. The Morgan fingerprint density at radius 1 is 1.44 bits per heavy atom. The van der Waals surface area contributed by atoms with Crippen LogP contribution in [0, 0.1) is 18.3 Å². The van der Waals surface area contributed by atoms with Crippen LogP contribution in [0.1, 0.15) is 39.8 Å². The molecular weight excluding hydrogens is 292 g/mol. The summed E-state index contributed by atoms with van der Waals surface area (Å²) >= 11 is 3.39. The van der Waals surface area contributed by atoms with E-state index in [1.54, 1.807) is 6.07 Å². The molecule has 1 aromatic rings. The van der Waals surface area contributed by atoms with Gasteiger partial charge in [-0.3, -0.25) is 4.79 Å². The van der Waals surface area contributed by atoms with Crippen LogP contribution >= 0.6 is 15.9 Å². The fraction of sp³-hybridized carbons (Fsp3) is 0.571. The topological polar surface area (TPSA) is 42.0 Å². The van der Waals surface area contributed by atoms with Crippen molar-refractivity contribution in [2.75, 3.05) is 5.32 Å². The van der Waals surface area contributed by atoms with Crippen LogP contribution in [0.3, 0.4) is 0 Å². The van der Waals surface area contributed by atoms with E-state index in [9.17, 15) is 4.79 Å². The van der Waals surface area contributed by atoms with Gasteiger partial charge in [0.25, 0.3) is 0 Å². The first-order chi connectivity index (χ1) is 8.20. The van der Waals surface area contributed by atoms with Gasteiger partial charge in [-0.25, -0.2) is 4.98 Å². The van der Waals surface area contributed by atoms with E-state index in [0.717, 1.165) is 10.2 Å². The standard InChI is InChI=1S/C14H21BrN2O/c1-9(14(3,4)5)8-13(18)17-12-7-6-11(15)10(2)16-12/h6-7,9H,8H2,1-5H3,(H,16,17,18). The third-order valence-electron chi connectivity index (χ3n) is 3.26. The summed E-state index contributed by atoms with van der Waals surface area (Å²) in [5.74, 6) is 0.961. The first-order valence-electron chi connectivity index (χ1n) is 6.13. The smallest absolute Gasteiger partial charge is 0.225 e. The summed E-state index contributed by atoms with van der Waals surface area (Å²) in [6, 6.07) is 3.70. The molecule has 4 heteroatoms. The van der Waals surface area contributed by atoms with E-state index in [1.807, 2.05) is 13.0 Å². The van der Waals surface area contributed by atoms with Gasteiger partial charge in [-0.05, 0) is 46.3 Å². The minimum Gasteiger partial charge on any atom is -0.311 e. The fourth-order valence-corrected chi connectivity index (χ4v) is 1.61. The van der Waals surface area contributed by atoms with Crippen LogP contribution in [-0.4, -0.2) is 10.9 Å². The minimum absolute atomic E-state index is 0.0200. The van der Waals surface area contributed by atoms with Crippen LogP contribution in [0.2, 0.25) is 0 Å². The molecule has 3 nitrogen and oxygen atoms in total. The molecule has 0 saturated heterocycles. The Kier molecular flexibility index (Phi) is 4.91. The summed E-state index contributed by atoms with van der Waals surface area (Å²) in [6.45, 7) is 10.4. The van der Waals surface area contributed by atoms with Gasteiger partial charge in [-0.1, -0.05) is 27.7 Å². The van der Waals surface area contributed by atoms with Crippen LogP contribution in [0.25, 0.3) is 0 Å². The number of nitrogens with zero attached hydrogens (tertiary/aromatic N) is 1. The summed E-state index contributed by atoms with van der Waals surface area (Å²) in [4.78, 5) is 16.2. The van der Waals surface area contributed by atoms with Crippen molar-refractivity contribution in [2.24, 2.45) is 11.3 Å². The van der Waals surface area contributed by atoms with Crippen LogP contribution < -0.4 is 5.32 Å². The molecule has 1 aromatic heterocycles. The van der Waals surface area contributed by atoms with Gasteiger partial charge in [0.2, 0.25) is 5.91 Å². The zero-order valence-electron chi connectivity index (χ0n) is 11.7. The number of hydrogen-bond donors (Lipinski definition) is 1. The normalized spacial score (nSPS) is 13.2. The molecular formula is C14H21BrN2O. The summed E-state index contributed by atoms with van der Waals surface area (Å²) in [7, 11) is 0. The molecule has 1 rings (SSSR count). The molecule has 18 heavy (non-hydrogen) atoms. The van der Waals surface area contributed by atoms with Crippen LogP contribution in [0.15, 0.2) is 16.6 Å². The third kappa shape index (κ3) is 4.41. The highest BCUT2D eigenvalue weighted by molar-refractivity contribution is 9.10. The summed E-state index contributed by atoms with van der Waals surface area (Å²) in [5, 5.41) is 2.84. The molecule has 1 heterocycles. The number of pyridine rings is 1. The molecule has 0 aromatic carbocycles. The highest BCUT2D eigenvalue weighted by Crippen LogP contribution is 2.28. The monoisotopic (exact) mass is 312 g/mol. The van der Waals surface area contributed by atoms with E-state index in [2.05, 4.69) is 53.9 Å². The maximum atomic E-state index is 11.9. The highest BCUT2D eigenvalue weighted by Gasteiger charge is 2.22. The number of carbonyl (C=O) groups is 1. The summed E-state index contributed by atoms with van der Waals surface area (Å²) < 4.78 is 0.948. The second kappa shape index (κ2) is 5.83. The Hall–Kier alpha value is -0.900. The van der Waals surface area contributed by atoms with Crippen LogP contribution in [-0.2, 0) is 4.79 Å². The first kappa shape index (κ1) is 15.2. The zero-order valence-corrected chi connectivity index (χ0v) is 13.3. The number of aryl methyl sites for hydroxylation is 1. The Morgan fingerprint density at radius 3 is 2.56 bits per heavy atom. The van der Waals surface area contributed by atoms with Gasteiger partial charge >= 0.3 is 0 Å². The summed E-state index contributed by atoms with van der Waals surface area (Å²) in [5.41, 5.74) is 1.01. The number of rotatable bonds is 3. The molecule has 0 fully saturated rings. The van der Waals surface area contributed by atoms with Crippen LogP contribution in [0.4, 0.5) is 5.82 Å². The van der Waals surface area contributed by atoms with Gasteiger partial charge in [0.15, 0.2) is 0 Å². The minimum atomic E-state index is 0.0200. The number of aromatic nitrogens is 1. The quantitative estimate of drug-likeness (QED) is 0.910. The predicted octanol–water partition coefficient (Wildman–Crippen LogP) is 4.16. The molecule has 0 saturated carbocycles. The molecule has 0 radical (unpaired) electrons. The molecule has 0 bridgehead atoms. The van der Waals surface area contributed by atoms with Crippen molar-refractivity contribution in [1.82, 2.24) is 4.98 Å². The van der Waals surface area contributed by atoms with Crippen molar-refractivity contribution >= 4 is 27.7 Å². The number of anilines is 1. The van der Waals surface area contributed by atoms with Gasteiger partial charge < -0.3 is 5.32 Å². The van der Waals surface area contributed by atoms with E-state index in [0.29, 0.717) is 18.2 Å². The molecule has 0 aliphatic rings. The lowest BCUT2D eigenvalue weighted by molar-refractivity contribution is -0.117. The third-order valence-corrected chi connectivity index (χ3v) is 4.10. The number of carbonyl (C=O) groups excluding carboxylic acids is 1. The average molecular weight is 313 g/mol. The Morgan fingerprint density at radius 2 is 2.06 bits per heavy atom. The van der Waals surface area contributed by atoms with E-state index in [1.165, 1.54) is 0 Å². The van der Waals surface area contributed by atoms with Crippen molar-refractivity contribution in [3.8, 4) is 0 Å². The molecule has 0 aliphatic carbocycles.